The third-order valence-corrected chi connectivity index (χ3v) is 4.38. The number of carbonyl (C=O) groups is 1. The Kier molecular flexibility index (Phi) is 3.57. The van der Waals surface area contributed by atoms with Crippen molar-refractivity contribution in [3.05, 3.63) is 0 Å². The highest BCUT2D eigenvalue weighted by Crippen LogP contribution is 2.21. The lowest BCUT2D eigenvalue weighted by Crippen LogP contribution is -2.60. The van der Waals surface area contributed by atoms with Crippen molar-refractivity contribution < 1.29 is 4.79 Å². The van der Waals surface area contributed by atoms with Crippen molar-refractivity contribution >= 4 is 17.7 Å². The molecule has 2 aliphatic rings. The molecule has 1 N–H and O–H groups in total. The summed E-state index contributed by atoms with van der Waals surface area (Å²) in [7, 11) is 0. The molecule has 2 bridgehead atoms. The number of piperazine rings is 1. The second kappa shape index (κ2) is 4.74. The summed E-state index contributed by atoms with van der Waals surface area (Å²) in [4.78, 5) is 14.1. The maximum Gasteiger partial charge on any atom is 0.235 e. The zero-order chi connectivity index (χ0) is 10.8. The number of fused-ring (bicyclic) bond motifs is 2. The van der Waals surface area contributed by atoms with Crippen LogP contribution in [-0.2, 0) is 4.79 Å². The first-order valence-electron chi connectivity index (χ1n) is 5.78. The lowest BCUT2D eigenvalue weighted by atomic mass is 9.94. The Morgan fingerprint density at radius 2 is 2.00 bits per heavy atom. The van der Waals surface area contributed by atoms with Crippen LogP contribution in [0.3, 0.4) is 0 Å². The van der Waals surface area contributed by atoms with Crippen LogP contribution in [0.25, 0.3) is 0 Å². The van der Waals surface area contributed by atoms with E-state index in [2.05, 4.69) is 10.2 Å². The van der Waals surface area contributed by atoms with Gasteiger partial charge >= 0.3 is 0 Å². The van der Waals surface area contributed by atoms with E-state index in [-0.39, 0.29) is 5.25 Å². The average molecular weight is 228 g/mol. The molecular weight excluding hydrogens is 208 g/mol. The van der Waals surface area contributed by atoms with Gasteiger partial charge in [-0.3, -0.25) is 4.79 Å². The lowest BCUT2D eigenvalue weighted by Gasteiger charge is -2.43. The molecule has 4 heteroatoms. The highest BCUT2D eigenvalue weighted by atomic mass is 32.2. The third kappa shape index (κ3) is 2.48. The van der Waals surface area contributed by atoms with Gasteiger partial charge in [0.2, 0.25) is 5.91 Å². The van der Waals surface area contributed by atoms with Crippen LogP contribution in [0.5, 0.6) is 0 Å². The zero-order valence-corrected chi connectivity index (χ0v) is 10.3. The molecule has 2 aliphatic heterocycles. The Morgan fingerprint density at radius 1 is 1.40 bits per heavy atom. The van der Waals surface area contributed by atoms with E-state index in [1.165, 1.54) is 19.3 Å². The minimum atomic E-state index is 0.115. The van der Waals surface area contributed by atoms with Crippen molar-refractivity contribution in [2.24, 2.45) is 0 Å². The predicted molar refractivity (Wildman–Crippen MR) is 64.1 cm³/mol. The smallest absolute Gasteiger partial charge is 0.235 e. The van der Waals surface area contributed by atoms with E-state index in [1.54, 1.807) is 11.8 Å². The molecular formula is C11H20N2OS. The average Bonchev–Trinajstić information content (AvgIpc) is 2.26. The fourth-order valence-electron chi connectivity index (χ4n) is 2.54. The lowest BCUT2D eigenvalue weighted by molar-refractivity contribution is -0.132. The molecule has 3 atom stereocenters. The summed E-state index contributed by atoms with van der Waals surface area (Å²) in [5.41, 5.74) is 0. The van der Waals surface area contributed by atoms with Gasteiger partial charge in [0.15, 0.2) is 0 Å². The summed E-state index contributed by atoms with van der Waals surface area (Å²) in [5.74, 6) is 0.320. The molecule has 15 heavy (non-hydrogen) atoms. The van der Waals surface area contributed by atoms with Crippen molar-refractivity contribution in [1.29, 1.82) is 0 Å². The van der Waals surface area contributed by atoms with E-state index >= 15 is 0 Å². The van der Waals surface area contributed by atoms with Gasteiger partial charge in [-0.25, -0.2) is 0 Å². The number of rotatable bonds is 2. The maximum absolute atomic E-state index is 12.0. The largest absolute Gasteiger partial charge is 0.339 e. The summed E-state index contributed by atoms with van der Waals surface area (Å²) < 4.78 is 0. The first-order valence-corrected chi connectivity index (χ1v) is 7.07. The molecule has 0 spiro atoms. The minimum Gasteiger partial charge on any atom is -0.339 e. The van der Waals surface area contributed by atoms with E-state index in [0.29, 0.717) is 18.0 Å². The number of nitrogens with zero attached hydrogens (tertiary/aromatic N) is 1. The Bertz CT molecular complexity index is 235. The van der Waals surface area contributed by atoms with Gasteiger partial charge in [-0.1, -0.05) is 6.42 Å². The third-order valence-electron chi connectivity index (χ3n) is 3.47. The Balaban J connectivity index is 1.96. The van der Waals surface area contributed by atoms with Crippen LogP contribution in [0.2, 0.25) is 0 Å². The van der Waals surface area contributed by atoms with Crippen LogP contribution < -0.4 is 5.32 Å². The van der Waals surface area contributed by atoms with Gasteiger partial charge in [0.05, 0.1) is 5.25 Å². The number of likely N-dealkylation sites (tertiary alicyclic amines) is 1. The van der Waals surface area contributed by atoms with Gasteiger partial charge < -0.3 is 10.2 Å². The van der Waals surface area contributed by atoms with E-state index in [9.17, 15) is 4.79 Å². The number of nitrogens with one attached hydrogen (secondary N) is 1. The molecule has 0 aromatic heterocycles. The van der Waals surface area contributed by atoms with Crippen molar-refractivity contribution in [2.75, 3.05) is 19.3 Å². The summed E-state index contributed by atoms with van der Waals surface area (Å²) in [6, 6.07) is 1.10. The van der Waals surface area contributed by atoms with Gasteiger partial charge in [0.25, 0.3) is 0 Å². The van der Waals surface area contributed by atoms with Crippen LogP contribution in [0.15, 0.2) is 0 Å². The summed E-state index contributed by atoms with van der Waals surface area (Å²) in [6.07, 6.45) is 5.79. The van der Waals surface area contributed by atoms with E-state index in [0.717, 1.165) is 13.1 Å². The molecule has 0 saturated carbocycles. The van der Waals surface area contributed by atoms with E-state index in [1.807, 2.05) is 13.2 Å². The van der Waals surface area contributed by atoms with Crippen LogP contribution in [0.4, 0.5) is 0 Å². The van der Waals surface area contributed by atoms with Crippen molar-refractivity contribution in [3.8, 4) is 0 Å². The van der Waals surface area contributed by atoms with Gasteiger partial charge in [-0.15, -0.1) is 0 Å². The quantitative estimate of drug-likeness (QED) is 0.768. The molecule has 3 nitrogen and oxygen atoms in total. The molecule has 2 fully saturated rings. The fourth-order valence-corrected chi connectivity index (χ4v) is 2.89. The van der Waals surface area contributed by atoms with Crippen molar-refractivity contribution in [2.45, 2.75) is 43.5 Å². The summed E-state index contributed by atoms with van der Waals surface area (Å²) >= 11 is 1.64. The van der Waals surface area contributed by atoms with Gasteiger partial charge in [-0.2, -0.15) is 11.8 Å². The summed E-state index contributed by atoms with van der Waals surface area (Å²) in [6.45, 7) is 3.84. The second-order valence-corrected chi connectivity index (χ2v) is 5.79. The number of amides is 1. The molecule has 0 radical (unpaired) electrons. The molecule has 0 aromatic carbocycles. The van der Waals surface area contributed by atoms with Crippen molar-refractivity contribution in [3.63, 3.8) is 0 Å². The number of piperidine rings is 1. The van der Waals surface area contributed by atoms with Crippen LogP contribution in [0.1, 0.15) is 26.2 Å². The van der Waals surface area contributed by atoms with Gasteiger partial charge in [0.1, 0.15) is 0 Å². The van der Waals surface area contributed by atoms with Gasteiger partial charge in [-0.05, 0) is 26.0 Å². The SMILES string of the molecule is CSC(C)C(=O)N1CC2CCCC(C1)N2. The van der Waals surface area contributed by atoms with Crippen LogP contribution >= 0.6 is 11.8 Å². The molecule has 0 aliphatic carbocycles. The molecule has 0 aromatic rings. The maximum atomic E-state index is 12.0. The second-order valence-electron chi connectivity index (χ2n) is 4.61. The first kappa shape index (κ1) is 11.3. The molecule has 86 valence electrons. The van der Waals surface area contributed by atoms with Crippen LogP contribution in [-0.4, -0.2) is 47.5 Å². The molecule has 1 amide bonds. The fraction of sp³-hybridized carbons (Fsp3) is 0.909. The highest BCUT2D eigenvalue weighted by Gasteiger charge is 2.33. The topological polar surface area (TPSA) is 32.3 Å². The Labute approximate surface area is 96.0 Å². The van der Waals surface area contributed by atoms with Crippen LogP contribution in [0, 0.1) is 0 Å². The van der Waals surface area contributed by atoms with Crippen molar-refractivity contribution in [1.82, 2.24) is 10.2 Å². The molecule has 2 saturated heterocycles. The number of carbonyl (C=O) groups excluding carboxylic acids is 1. The molecule has 2 heterocycles. The summed E-state index contributed by atoms with van der Waals surface area (Å²) in [5, 5.41) is 3.71. The monoisotopic (exact) mass is 228 g/mol. The van der Waals surface area contributed by atoms with Gasteiger partial charge in [0, 0.05) is 25.2 Å². The number of hydrogen-bond acceptors (Lipinski definition) is 3. The standard InChI is InChI=1S/C11H20N2OS/c1-8(15-2)11(14)13-6-9-4-3-5-10(7-13)12-9/h8-10,12H,3-7H2,1-2H3. The predicted octanol–water partition coefficient (Wildman–Crippen LogP) is 1.09. The highest BCUT2D eigenvalue weighted by molar-refractivity contribution is 7.99. The molecule has 3 unspecified atom stereocenters. The first-order chi connectivity index (χ1) is 7.20. The van der Waals surface area contributed by atoms with E-state index < -0.39 is 0 Å². The Morgan fingerprint density at radius 3 is 2.53 bits per heavy atom. The normalized spacial score (nSPS) is 32.5. The number of hydrogen-bond donors (Lipinski definition) is 1. The van der Waals surface area contributed by atoms with E-state index in [4.69, 9.17) is 0 Å². The zero-order valence-electron chi connectivity index (χ0n) is 9.53. The molecule has 2 rings (SSSR count). The minimum absolute atomic E-state index is 0.115. The number of thioether (sulfide) groups is 1. The Hall–Kier alpha value is -0.220.